The van der Waals surface area contributed by atoms with Gasteiger partial charge < -0.3 is 5.32 Å². The van der Waals surface area contributed by atoms with Gasteiger partial charge in [-0.05, 0) is 37.6 Å². The lowest BCUT2D eigenvalue weighted by molar-refractivity contribution is -0.122. The Labute approximate surface area is 143 Å². The number of para-hydroxylation sites is 1. The fourth-order valence-corrected chi connectivity index (χ4v) is 4.00. The number of nitrogens with one attached hydrogen (secondary N) is 1. The average molecular weight is 345 g/mol. The maximum absolute atomic E-state index is 12.1. The van der Waals surface area contributed by atoms with Crippen LogP contribution >= 0.6 is 22.7 Å². The molecule has 0 aliphatic carbocycles. The van der Waals surface area contributed by atoms with Crippen LogP contribution in [0.15, 0.2) is 41.8 Å². The van der Waals surface area contributed by atoms with Crippen molar-refractivity contribution in [3.05, 3.63) is 51.7 Å². The number of carbonyl (C=O) groups is 1. The van der Waals surface area contributed by atoms with E-state index in [-0.39, 0.29) is 11.9 Å². The first kappa shape index (κ1) is 16.1. The number of benzene rings is 1. The lowest BCUT2D eigenvalue weighted by Gasteiger charge is -2.22. The zero-order valence-corrected chi connectivity index (χ0v) is 14.8. The van der Waals surface area contributed by atoms with E-state index in [0.717, 1.165) is 10.5 Å². The van der Waals surface area contributed by atoms with Gasteiger partial charge in [0, 0.05) is 4.88 Å². The average Bonchev–Trinajstić information content (AvgIpc) is 3.21. The highest BCUT2D eigenvalue weighted by Gasteiger charge is 2.18. The van der Waals surface area contributed by atoms with Crippen molar-refractivity contribution in [2.24, 2.45) is 0 Å². The van der Waals surface area contributed by atoms with E-state index in [9.17, 15) is 4.79 Å². The lowest BCUT2D eigenvalue weighted by Crippen LogP contribution is -2.35. The molecule has 0 aliphatic heterocycles. The molecule has 0 spiro atoms. The fourth-order valence-electron chi connectivity index (χ4n) is 2.28. The summed E-state index contributed by atoms with van der Waals surface area (Å²) in [5.41, 5.74) is 1.02. The van der Waals surface area contributed by atoms with E-state index in [1.807, 2.05) is 47.7 Å². The van der Waals surface area contributed by atoms with Gasteiger partial charge in [-0.2, -0.15) is 0 Å². The van der Waals surface area contributed by atoms with Crippen LogP contribution in [0.25, 0.3) is 10.2 Å². The number of aromatic nitrogens is 1. The van der Waals surface area contributed by atoms with Gasteiger partial charge in [-0.25, -0.2) is 4.98 Å². The van der Waals surface area contributed by atoms with Gasteiger partial charge >= 0.3 is 0 Å². The second-order valence-electron chi connectivity index (χ2n) is 5.47. The number of amides is 1. The van der Waals surface area contributed by atoms with Crippen LogP contribution < -0.4 is 5.32 Å². The minimum atomic E-state index is 0.0360. The van der Waals surface area contributed by atoms with Gasteiger partial charge in [0.2, 0.25) is 5.91 Å². The molecule has 2 heterocycles. The third-order valence-electron chi connectivity index (χ3n) is 3.76. The molecule has 0 radical (unpaired) electrons. The monoisotopic (exact) mass is 345 g/mol. The minimum Gasteiger partial charge on any atom is -0.350 e. The molecule has 1 atom stereocenters. The van der Waals surface area contributed by atoms with E-state index in [2.05, 4.69) is 23.3 Å². The van der Waals surface area contributed by atoms with Crippen LogP contribution in [0.1, 0.15) is 22.9 Å². The van der Waals surface area contributed by atoms with Crippen molar-refractivity contribution in [3.8, 4) is 0 Å². The Morgan fingerprint density at radius 3 is 2.87 bits per heavy atom. The van der Waals surface area contributed by atoms with E-state index in [4.69, 9.17) is 0 Å². The summed E-state index contributed by atoms with van der Waals surface area (Å²) in [6.07, 6.45) is 0. The highest BCUT2D eigenvalue weighted by molar-refractivity contribution is 7.18. The predicted octanol–water partition coefficient (Wildman–Crippen LogP) is 3.67. The van der Waals surface area contributed by atoms with Crippen molar-refractivity contribution in [1.82, 2.24) is 15.2 Å². The molecule has 4 nitrogen and oxygen atoms in total. The van der Waals surface area contributed by atoms with E-state index in [1.165, 1.54) is 9.58 Å². The van der Waals surface area contributed by atoms with E-state index in [1.54, 1.807) is 22.7 Å². The van der Waals surface area contributed by atoms with Crippen molar-refractivity contribution in [2.45, 2.75) is 19.5 Å². The zero-order chi connectivity index (χ0) is 16.2. The van der Waals surface area contributed by atoms with Crippen molar-refractivity contribution in [2.75, 3.05) is 13.6 Å². The topological polar surface area (TPSA) is 45.2 Å². The summed E-state index contributed by atoms with van der Waals surface area (Å²) >= 11 is 3.34. The van der Waals surface area contributed by atoms with E-state index in [0.29, 0.717) is 13.1 Å². The normalized spacial score (nSPS) is 12.7. The van der Waals surface area contributed by atoms with Crippen LogP contribution in [-0.2, 0) is 11.3 Å². The minimum absolute atomic E-state index is 0.0360. The molecule has 23 heavy (non-hydrogen) atoms. The summed E-state index contributed by atoms with van der Waals surface area (Å²) in [5.74, 6) is 0.0360. The predicted molar refractivity (Wildman–Crippen MR) is 96.8 cm³/mol. The van der Waals surface area contributed by atoms with Crippen LogP contribution in [0.4, 0.5) is 0 Å². The first-order valence-electron chi connectivity index (χ1n) is 7.48. The van der Waals surface area contributed by atoms with Gasteiger partial charge in [-0.3, -0.25) is 9.69 Å². The van der Waals surface area contributed by atoms with Crippen molar-refractivity contribution < 1.29 is 4.79 Å². The molecule has 120 valence electrons. The number of carbonyl (C=O) groups excluding carboxylic acids is 1. The van der Waals surface area contributed by atoms with Gasteiger partial charge in [0.25, 0.3) is 0 Å². The highest BCUT2D eigenvalue weighted by Crippen LogP contribution is 2.28. The van der Waals surface area contributed by atoms with Gasteiger partial charge in [0.15, 0.2) is 0 Å². The van der Waals surface area contributed by atoms with E-state index >= 15 is 0 Å². The number of rotatable bonds is 6. The maximum Gasteiger partial charge on any atom is 0.234 e. The Kier molecular flexibility index (Phi) is 5.05. The highest BCUT2D eigenvalue weighted by atomic mass is 32.1. The summed E-state index contributed by atoms with van der Waals surface area (Å²) in [7, 11) is 1.96. The molecule has 0 fully saturated rings. The van der Waals surface area contributed by atoms with Crippen LogP contribution in [0.3, 0.4) is 0 Å². The van der Waals surface area contributed by atoms with Crippen LogP contribution in [0.5, 0.6) is 0 Å². The molecule has 1 amide bonds. The lowest BCUT2D eigenvalue weighted by atomic mass is 10.3. The van der Waals surface area contributed by atoms with Crippen LogP contribution in [0.2, 0.25) is 0 Å². The first-order valence-corrected chi connectivity index (χ1v) is 9.18. The van der Waals surface area contributed by atoms with Crippen LogP contribution in [-0.4, -0.2) is 29.4 Å². The number of likely N-dealkylation sites (N-methyl/N-ethyl adjacent to an activating group) is 1. The fraction of sp³-hybridized carbons (Fsp3) is 0.294. The summed E-state index contributed by atoms with van der Waals surface area (Å²) in [6, 6.07) is 12.3. The second-order valence-corrected chi connectivity index (χ2v) is 7.56. The molecule has 3 aromatic rings. The van der Waals surface area contributed by atoms with Crippen molar-refractivity contribution in [3.63, 3.8) is 0 Å². The Balaban J connectivity index is 1.58. The molecule has 1 aromatic carbocycles. The number of fused-ring (bicyclic) bond motifs is 1. The number of thiazole rings is 1. The van der Waals surface area contributed by atoms with Crippen molar-refractivity contribution in [1.29, 1.82) is 0 Å². The molecule has 3 rings (SSSR count). The van der Waals surface area contributed by atoms with Gasteiger partial charge in [0.05, 0.1) is 29.3 Å². The molecule has 0 unspecified atom stereocenters. The molecule has 0 saturated heterocycles. The third kappa shape index (κ3) is 3.96. The summed E-state index contributed by atoms with van der Waals surface area (Å²) in [5, 5.41) is 6.02. The van der Waals surface area contributed by atoms with Crippen molar-refractivity contribution >= 4 is 38.8 Å². The standard InChI is InChI=1S/C17H19N3OS2/c1-12(17-19-14-7-3-4-8-15(14)23-17)20(2)11-16(21)18-10-13-6-5-9-22-13/h3-9,12H,10-11H2,1-2H3,(H,18,21)/t12-/m1/s1. The molecule has 0 bridgehead atoms. The smallest absolute Gasteiger partial charge is 0.234 e. The summed E-state index contributed by atoms with van der Waals surface area (Å²) < 4.78 is 1.19. The Morgan fingerprint density at radius 2 is 2.13 bits per heavy atom. The molecule has 1 N–H and O–H groups in total. The number of thiophene rings is 1. The van der Waals surface area contributed by atoms with Gasteiger partial charge in [0.1, 0.15) is 5.01 Å². The number of nitrogens with zero attached hydrogens (tertiary/aromatic N) is 2. The third-order valence-corrected chi connectivity index (χ3v) is 5.84. The number of hydrogen-bond donors (Lipinski definition) is 1. The van der Waals surface area contributed by atoms with Gasteiger partial charge in [-0.1, -0.05) is 18.2 Å². The van der Waals surface area contributed by atoms with Crippen LogP contribution in [0, 0.1) is 0 Å². The number of hydrogen-bond acceptors (Lipinski definition) is 5. The molecule has 6 heteroatoms. The first-order chi connectivity index (χ1) is 11.1. The molecule has 2 aromatic heterocycles. The Bertz CT molecular complexity index is 749. The molecular formula is C17H19N3OS2. The SMILES string of the molecule is C[C@H](c1nc2ccccc2s1)N(C)CC(=O)NCc1cccs1. The summed E-state index contributed by atoms with van der Waals surface area (Å²) in [4.78, 5) is 20.0. The largest absolute Gasteiger partial charge is 0.350 e. The second kappa shape index (κ2) is 7.21. The van der Waals surface area contributed by atoms with E-state index < -0.39 is 0 Å². The zero-order valence-electron chi connectivity index (χ0n) is 13.2. The Morgan fingerprint density at radius 1 is 1.30 bits per heavy atom. The van der Waals surface area contributed by atoms with Gasteiger partial charge in [-0.15, -0.1) is 22.7 Å². The Hall–Kier alpha value is -1.76. The quantitative estimate of drug-likeness (QED) is 0.741. The molecule has 0 saturated carbocycles. The molecule has 0 aliphatic rings. The maximum atomic E-state index is 12.1. The molecular weight excluding hydrogens is 326 g/mol. The summed E-state index contributed by atoms with van der Waals surface area (Å²) in [6.45, 7) is 3.05.